The minimum atomic E-state index is -0.241. The number of thioether (sulfide) groups is 1. The zero-order valence-electron chi connectivity index (χ0n) is 15.7. The number of hydrogen-bond acceptors (Lipinski definition) is 4. The lowest BCUT2D eigenvalue weighted by Crippen LogP contribution is -2.27. The molecule has 1 saturated heterocycles. The first-order valence-corrected chi connectivity index (χ1v) is 10.8. The van der Waals surface area contributed by atoms with Crippen LogP contribution in [-0.2, 0) is 11.4 Å². The molecule has 2 amide bonds. The van der Waals surface area contributed by atoms with E-state index in [-0.39, 0.29) is 11.1 Å². The van der Waals surface area contributed by atoms with Gasteiger partial charge in [-0.25, -0.2) is 0 Å². The van der Waals surface area contributed by atoms with Crippen LogP contribution in [0.3, 0.4) is 0 Å². The third-order valence-electron chi connectivity index (χ3n) is 4.65. The zero-order chi connectivity index (χ0) is 20.4. The molecule has 3 aromatic carbocycles. The third kappa shape index (κ3) is 4.23. The second kappa shape index (κ2) is 8.43. The molecule has 146 valence electrons. The minimum absolute atomic E-state index is 0.224. The zero-order valence-corrected chi connectivity index (χ0v) is 18.1. The van der Waals surface area contributed by atoms with Crippen LogP contribution in [0.1, 0.15) is 18.1 Å². The van der Waals surface area contributed by atoms with Crippen LogP contribution in [0.5, 0.6) is 5.75 Å². The Balaban J connectivity index is 1.48. The monoisotopic (exact) mass is 467 g/mol. The van der Waals surface area contributed by atoms with Gasteiger partial charge in [0.2, 0.25) is 0 Å². The number of carbonyl (C=O) groups is 2. The molecule has 1 aliphatic rings. The van der Waals surface area contributed by atoms with Crippen LogP contribution in [0, 0.1) is 0 Å². The summed E-state index contributed by atoms with van der Waals surface area (Å²) in [6.45, 7) is 2.63. The SMILES string of the molecule is CCN1C(=O)S/C(=C/c2ccc(OCc3ccc4ccccc4c3)c(Br)c2)C1=O. The molecule has 0 radical (unpaired) electrons. The molecule has 4 rings (SSSR count). The molecule has 29 heavy (non-hydrogen) atoms. The van der Waals surface area contributed by atoms with E-state index in [1.54, 1.807) is 13.0 Å². The maximum Gasteiger partial charge on any atom is 0.293 e. The molecule has 0 bridgehead atoms. The first-order chi connectivity index (χ1) is 14.0. The van der Waals surface area contributed by atoms with E-state index in [0.29, 0.717) is 18.1 Å². The highest BCUT2D eigenvalue weighted by Gasteiger charge is 2.33. The molecule has 3 aromatic rings. The number of carbonyl (C=O) groups excluding carboxylic acids is 2. The van der Waals surface area contributed by atoms with E-state index in [1.807, 2.05) is 30.3 Å². The number of rotatable bonds is 5. The van der Waals surface area contributed by atoms with E-state index in [0.717, 1.165) is 33.1 Å². The molecule has 0 unspecified atom stereocenters. The van der Waals surface area contributed by atoms with Gasteiger partial charge >= 0.3 is 0 Å². The van der Waals surface area contributed by atoms with E-state index in [1.165, 1.54) is 15.7 Å². The summed E-state index contributed by atoms with van der Waals surface area (Å²) in [7, 11) is 0. The van der Waals surface area contributed by atoms with E-state index < -0.39 is 0 Å². The van der Waals surface area contributed by atoms with Crippen molar-refractivity contribution in [2.24, 2.45) is 0 Å². The molecule has 1 fully saturated rings. The molecular formula is C23H18BrNO3S. The number of likely N-dealkylation sites (N-methyl/N-ethyl adjacent to an activating group) is 1. The first kappa shape index (κ1) is 19.7. The molecular weight excluding hydrogens is 450 g/mol. The molecule has 0 saturated carbocycles. The smallest absolute Gasteiger partial charge is 0.293 e. The summed E-state index contributed by atoms with van der Waals surface area (Å²) in [5.74, 6) is 0.479. The van der Waals surface area contributed by atoms with Gasteiger partial charge in [-0.15, -0.1) is 0 Å². The van der Waals surface area contributed by atoms with Crippen molar-refractivity contribution >= 4 is 55.7 Å². The average molecular weight is 468 g/mol. The Bertz CT molecular complexity index is 1140. The minimum Gasteiger partial charge on any atom is -0.488 e. The second-order valence-electron chi connectivity index (χ2n) is 6.59. The summed E-state index contributed by atoms with van der Waals surface area (Å²) < 4.78 is 6.76. The van der Waals surface area contributed by atoms with Gasteiger partial charge in [0.1, 0.15) is 12.4 Å². The lowest BCUT2D eigenvalue weighted by molar-refractivity contribution is -0.122. The van der Waals surface area contributed by atoms with Gasteiger partial charge in [0.05, 0.1) is 9.38 Å². The Kier molecular flexibility index (Phi) is 5.74. The average Bonchev–Trinajstić information content (AvgIpc) is 2.99. The Morgan fingerprint density at radius 2 is 1.83 bits per heavy atom. The maximum absolute atomic E-state index is 12.2. The van der Waals surface area contributed by atoms with Crippen molar-refractivity contribution in [3.05, 3.63) is 81.2 Å². The number of ether oxygens (including phenoxy) is 1. The summed E-state index contributed by atoms with van der Waals surface area (Å²) in [4.78, 5) is 25.8. The van der Waals surface area contributed by atoms with E-state index in [2.05, 4.69) is 46.3 Å². The van der Waals surface area contributed by atoms with E-state index in [9.17, 15) is 9.59 Å². The van der Waals surface area contributed by atoms with Crippen molar-refractivity contribution in [2.75, 3.05) is 6.54 Å². The van der Waals surface area contributed by atoms with Crippen molar-refractivity contribution < 1.29 is 14.3 Å². The molecule has 6 heteroatoms. The van der Waals surface area contributed by atoms with Crippen LogP contribution in [0.15, 0.2) is 70.0 Å². The number of benzene rings is 3. The summed E-state index contributed by atoms with van der Waals surface area (Å²) in [6.07, 6.45) is 1.73. The summed E-state index contributed by atoms with van der Waals surface area (Å²) in [6, 6.07) is 20.1. The Morgan fingerprint density at radius 3 is 2.55 bits per heavy atom. The van der Waals surface area contributed by atoms with E-state index >= 15 is 0 Å². The Labute approximate surface area is 181 Å². The van der Waals surface area contributed by atoms with Crippen molar-refractivity contribution in [1.82, 2.24) is 4.90 Å². The van der Waals surface area contributed by atoms with Gasteiger partial charge in [-0.2, -0.15) is 0 Å². The maximum atomic E-state index is 12.2. The highest BCUT2D eigenvalue weighted by molar-refractivity contribution is 9.10. The second-order valence-corrected chi connectivity index (χ2v) is 8.43. The van der Waals surface area contributed by atoms with Gasteiger partial charge in [-0.1, -0.05) is 42.5 Å². The molecule has 1 heterocycles. The number of hydrogen-bond donors (Lipinski definition) is 0. The van der Waals surface area contributed by atoms with Gasteiger partial charge in [-0.3, -0.25) is 14.5 Å². The molecule has 4 nitrogen and oxygen atoms in total. The fraction of sp³-hybridized carbons (Fsp3) is 0.130. The van der Waals surface area contributed by atoms with Crippen molar-refractivity contribution in [2.45, 2.75) is 13.5 Å². The highest BCUT2D eigenvalue weighted by atomic mass is 79.9. The summed E-state index contributed by atoms with van der Waals surface area (Å²) in [5, 5.41) is 2.16. The Morgan fingerprint density at radius 1 is 1.03 bits per heavy atom. The van der Waals surface area contributed by atoms with Crippen molar-refractivity contribution in [1.29, 1.82) is 0 Å². The summed E-state index contributed by atoms with van der Waals surface area (Å²) in [5.41, 5.74) is 1.92. The molecule has 0 atom stereocenters. The third-order valence-corrected chi connectivity index (χ3v) is 6.18. The van der Waals surface area contributed by atoms with Crippen molar-refractivity contribution in [3.63, 3.8) is 0 Å². The Hall–Kier alpha value is -2.57. The first-order valence-electron chi connectivity index (χ1n) is 9.20. The standard InChI is InChI=1S/C23H18BrNO3S/c1-2-25-22(26)21(29-23(25)27)13-15-8-10-20(19(24)12-15)28-14-16-7-9-17-5-3-4-6-18(17)11-16/h3-13H,2,14H2,1H3/b21-13+. The predicted octanol–water partition coefficient (Wildman–Crippen LogP) is 6.24. The van der Waals surface area contributed by atoms with Gasteiger partial charge < -0.3 is 4.74 Å². The molecule has 0 aromatic heterocycles. The van der Waals surface area contributed by atoms with E-state index in [4.69, 9.17) is 4.74 Å². The van der Waals surface area contributed by atoms with Crippen molar-refractivity contribution in [3.8, 4) is 5.75 Å². The van der Waals surface area contributed by atoms with Crippen LogP contribution in [0.4, 0.5) is 4.79 Å². The van der Waals surface area contributed by atoms with Gasteiger partial charge in [-0.05, 0) is 80.8 Å². The lowest BCUT2D eigenvalue weighted by atomic mass is 10.1. The molecule has 0 aliphatic carbocycles. The topological polar surface area (TPSA) is 46.6 Å². The predicted molar refractivity (Wildman–Crippen MR) is 121 cm³/mol. The number of halogens is 1. The molecule has 0 spiro atoms. The lowest BCUT2D eigenvalue weighted by Gasteiger charge is -2.10. The number of imide groups is 1. The van der Waals surface area contributed by atoms with Crippen LogP contribution in [-0.4, -0.2) is 22.6 Å². The van der Waals surface area contributed by atoms with Gasteiger partial charge in [0, 0.05) is 6.54 Å². The largest absolute Gasteiger partial charge is 0.488 e. The molecule has 1 aliphatic heterocycles. The number of fused-ring (bicyclic) bond motifs is 1. The van der Waals surface area contributed by atoms with Gasteiger partial charge in [0.15, 0.2) is 0 Å². The fourth-order valence-corrected chi connectivity index (χ4v) is 4.55. The number of nitrogens with zero attached hydrogens (tertiary/aromatic N) is 1. The highest BCUT2D eigenvalue weighted by Crippen LogP contribution is 2.34. The normalized spacial score (nSPS) is 15.5. The van der Waals surface area contributed by atoms with Crippen LogP contribution in [0.2, 0.25) is 0 Å². The van der Waals surface area contributed by atoms with Crippen LogP contribution in [0.25, 0.3) is 16.8 Å². The molecule has 0 N–H and O–H groups in total. The van der Waals surface area contributed by atoms with Crippen LogP contribution >= 0.6 is 27.7 Å². The van der Waals surface area contributed by atoms with Crippen LogP contribution < -0.4 is 4.74 Å². The number of amides is 2. The van der Waals surface area contributed by atoms with Gasteiger partial charge in [0.25, 0.3) is 11.1 Å². The summed E-state index contributed by atoms with van der Waals surface area (Å²) >= 11 is 4.51. The fourth-order valence-electron chi connectivity index (χ4n) is 3.14. The quantitative estimate of drug-likeness (QED) is 0.416.